The Bertz CT molecular complexity index is 786. The van der Waals surface area contributed by atoms with Crippen LogP contribution in [0, 0.1) is 0 Å². The molecule has 0 saturated carbocycles. The molecule has 2 atom stereocenters. The van der Waals surface area contributed by atoms with Crippen LogP contribution in [0.1, 0.15) is 30.0 Å². The number of ether oxygens (including phenoxy) is 2. The molecule has 0 aromatic heterocycles. The van der Waals surface area contributed by atoms with Gasteiger partial charge < -0.3 is 20.1 Å². The van der Waals surface area contributed by atoms with E-state index in [2.05, 4.69) is 20.1 Å². The van der Waals surface area contributed by atoms with E-state index in [0.29, 0.717) is 5.56 Å². The summed E-state index contributed by atoms with van der Waals surface area (Å²) in [6, 6.07) is 13.1. The molecule has 2 unspecified atom stereocenters. The van der Waals surface area contributed by atoms with E-state index in [-0.39, 0.29) is 24.4 Å². The second-order valence-corrected chi connectivity index (χ2v) is 6.67. The molecule has 3 rings (SSSR count). The van der Waals surface area contributed by atoms with E-state index in [4.69, 9.17) is 0 Å². The smallest absolute Gasteiger partial charge is 0.434 e. The van der Waals surface area contributed by atoms with Crippen molar-refractivity contribution in [3.8, 4) is 11.5 Å². The third-order valence-corrected chi connectivity index (χ3v) is 4.66. The minimum absolute atomic E-state index is 0.0247. The summed E-state index contributed by atoms with van der Waals surface area (Å²) < 4.78 is 70.9. The summed E-state index contributed by atoms with van der Waals surface area (Å²) in [5, 5.41) is 6.76. The van der Waals surface area contributed by atoms with E-state index >= 15 is 0 Å². The molecule has 1 aliphatic heterocycles. The van der Waals surface area contributed by atoms with E-state index in [1.165, 1.54) is 6.07 Å². The average molecular weight is 416 g/mol. The Morgan fingerprint density at radius 1 is 1.10 bits per heavy atom. The highest BCUT2D eigenvalue weighted by Gasteiger charge is 2.31. The van der Waals surface area contributed by atoms with Crippen molar-refractivity contribution in [2.75, 3.05) is 6.54 Å². The van der Waals surface area contributed by atoms with Crippen molar-refractivity contribution in [3.05, 3.63) is 59.7 Å². The molecule has 0 amide bonds. The van der Waals surface area contributed by atoms with Gasteiger partial charge in [0.25, 0.3) is 0 Å². The minimum atomic E-state index is -4.92. The minimum Gasteiger partial charge on any atom is -0.434 e. The van der Waals surface area contributed by atoms with Crippen LogP contribution in [0.2, 0.25) is 0 Å². The van der Waals surface area contributed by atoms with Crippen molar-refractivity contribution in [3.63, 3.8) is 0 Å². The van der Waals surface area contributed by atoms with Crippen LogP contribution < -0.4 is 20.1 Å². The normalized spacial score (nSPS) is 19.9. The number of hydrogen-bond donors (Lipinski definition) is 2. The van der Waals surface area contributed by atoms with E-state index in [1.54, 1.807) is 0 Å². The maximum absolute atomic E-state index is 12.7. The summed E-state index contributed by atoms with van der Waals surface area (Å²) in [7, 11) is 0. The van der Waals surface area contributed by atoms with Crippen LogP contribution in [0.5, 0.6) is 11.5 Å². The van der Waals surface area contributed by atoms with Gasteiger partial charge in [0.05, 0.1) is 0 Å². The van der Waals surface area contributed by atoms with Gasteiger partial charge in [-0.1, -0.05) is 36.4 Å². The van der Waals surface area contributed by atoms with Crippen LogP contribution in [0.15, 0.2) is 48.5 Å². The fourth-order valence-corrected chi connectivity index (χ4v) is 3.44. The fraction of sp³-hybridized carbons (Fsp3) is 0.400. The molecule has 1 saturated heterocycles. The maximum atomic E-state index is 12.7. The molecule has 2 aromatic carbocycles. The maximum Gasteiger partial charge on any atom is 0.573 e. The van der Waals surface area contributed by atoms with Crippen molar-refractivity contribution < 1.29 is 31.4 Å². The van der Waals surface area contributed by atoms with Crippen molar-refractivity contribution in [1.82, 2.24) is 10.6 Å². The van der Waals surface area contributed by atoms with Crippen LogP contribution in [-0.2, 0) is 6.54 Å². The number of hydrogen-bond acceptors (Lipinski definition) is 4. The number of benzene rings is 2. The van der Waals surface area contributed by atoms with Crippen molar-refractivity contribution >= 4 is 0 Å². The van der Waals surface area contributed by atoms with Gasteiger partial charge in [-0.2, -0.15) is 8.78 Å². The Kier molecular flexibility index (Phi) is 6.92. The lowest BCUT2D eigenvalue weighted by molar-refractivity contribution is -0.274. The van der Waals surface area contributed by atoms with Gasteiger partial charge in [-0.3, -0.25) is 0 Å². The molecule has 1 aliphatic rings. The second kappa shape index (κ2) is 9.41. The van der Waals surface area contributed by atoms with E-state index < -0.39 is 18.7 Å². The Balaban J connectivity index is 1.74. The third-order valence-electron chi connectivity index (χ3n) is 4.66. The molecule has 158 valence electrons. The molecule has 1 heterocycles. The molecule has 0 spiro atoms. The highest BCUT2D eigenvalue weighted by molar-refractivity contribution is 5.41. The predicted molar refractivity (Wildman–Crippen MR) is 96.8 cm³/mol. The summed E-state index contributed by atoms with van der Waals surface area (Å²) in [6.45, 7) is -2.14. The highest BCUT2D eigenvalue weighted by Crippen LogP contribution is 2.31. The lowest BCUT2D eigenvalue weighted by Crippen LogP contribution is -2.45. The topological polar surface area (TPSA) is 42.5 Å². The summed E-state index contributed by atoms with van der Waals surface area (Å²) in [5.41, 5.74) is 1.42. The molecule has 4 nitrogen and oxygen atoms in total. The Morgan fingerprint density at radius 3 is 2.55 bits per heavy atom. The van der Waals surface area contributed by atoms with E-state index in [1.807, 2.05) is 30.3 Å². The Hall–Kier alpha value is -2.39. The molecule has 2 N–H and O–H groups in total. The standard InChI is InChI=1S/C20H21F5N2O2/c21-19(22)28-17-11-15(29-20(23,24)25)9-8-14(17)12-27-16-7-4-10-26-18(16)13-5-2-1-3-6-13/h1-3,5-6,8-9,11,16,18-19,26-27H,4,7,10,12H2. The van der Waals surface area contributed by atoms with Gasteiger partial charge in [0.1, 0.15) is 11.5 Å². The molecule has 1 fully saturated rings. The summed E-state index contributed by atoms with van der Waals surface area (Å²) >= 11 is 0. The van der Waals surface area contributed by atoms with Crippen LogP contribution >= 0.6 is 0 Å². The van der Waals surface area contributed by atoms with Crippen molar-refractivity contribution in [2.24, 2.45) is 0 Å². The zero-order chi connectivity index (χ0) is 20.9. The van der Waals surface area contributed by atoms with Crippen LogP contribution in [0.4, 0.5) is 22.0 Å². The average Bonchev–Trinajstić information content (AvgIpc) is 2.67. The molecule has 0 aliphatic carbocycles. The molecule has 0 bridgehead atoms. The molecule has 9 heteroatoms. The fourth-order valence-electron chi connectivity index (χ4n) is 3.44. The van der Waals surface area contributed by atoms with Gasteiger partial charge in [-0.25, -0.2) is 0 Å². The van der Waals surface area contributed by atoms with E-state index in [9.17, 15) is 22.0 Å². The summed E-state index contributed by atoms with van der Waals surface area (Å²) in [5.74, 6) is -0.965. The molecule has 29 heavy (non-hydrogen) atoms. The molecular weight excluding hydrogens is 395 g/mol. The van der Waals surface area contributed by atoms with Gasteiger partial charge >= 0.3 is 13.0 Å². The predicted octanol–water partition coefficient (Wildman–Crippen LogP) is 4.77. The van der Waals surface area contributed by atoms with Crippen LogP contribution in [-0.4, -0.2) is 25.6 Å². The number of piperidine rings is 1. The second-order valence-electron chi connectivity index (χ2n) is 6.67. The van der Waals surface area contributed by atoms with E-state index in [0.717, 1.165) is 37.1 Å². The molecule has 2 aromatic rings. The lowest BCUT2D eigenvalue weighted by Gasteiger charge is -2.34. The Labute approximate surface area is 165 Å². The molecular formula is C20H21F5N2O2. The van der Waals surface area contributed by atoms with Crippen LogP contribution in [0.25, 0.3) is 0 Å². The van der Waals surface area contributed by atoms with Gasteiger partial charge in [0, 0.05) is 30.3 Å². The lowest BCUT2D eigenvalue weighted by atomic mass is 9.92. The number of alkyl halides is 5. The quantitative estimate of drug-likeness (QED) is 0.639. The first-order chi connectivity index (χ1) is 13.8. The monoisotopic (exact) mass is 416 g/mol. The number of halogens is 5. The first-order valence-electron chi connectivity index (χ1n) is 9.17. The van der Waals surface area contributed by atoms with Gasteiger partial charge in [-0.15, -0.1) is 13.2 Å². The highest BCUT2D eigenvalue weighted by atomic mass is 19.4. The Morgan fingerprint density at radius 2 is 1.86 bits per heavy atom. The van der Waals surface area contributed by atoms with Crippen molar-refractivity contribution in [1.29, 1.82) is 0 Å². The third kappa shape index (κ3) is 6.30. The SMILES string of the molecule is FC(F)Oc1cc(OC(F)(F)F)ccc1CNC1CCCNC1c1ccccc1. The summed E-state index contributed by atoms with van der Waals surface area (Å²) in [4.78, 5) is 0. The van der Waals surface area contributed by atoms with Gasteiger partial charge in [0.15, 0.2) is 0 Å². The first-order valence-corrected chi connectivity index (χ1v) is 9.17. The first kappa shape index (κ1) is 21.3. The molecule has 0 radical (unpaired) electrons. The van der Waals surface area contributed by atoms with Gasteiger partial charge in [-0.05, 0) is 31.0 Å². The van der Waals surface area contributed by atoms with Gasteiger partial charge in [0.2, 0.25) is 0 Å². The van der Waals surface area contributed by atoms with Crippen molar-refractivity contribution in [2.45, 2.75) is 44.4 Å². The largest absolute Gasteiger partial charge is 0.573 e. The zero-order valence-electron chi connectivity index (χ0n) is 15.4. The summed E-state index contributed by atoms with van der Waals surface area (Å²) in [6.07, 6.45) is -3.11. The number of rotatable bonds is 7. The number of nitrogens with one attached hydrogen (secondary N) is 2. The zero-order valence-corrected chi connectivity index (χ0v) is 15.4. The van der Waals surface area contributed by atoms with Crippen LogP contribution in [0.3, 0.4) is 0 Å².